The molecule has 4 unspecified atom stereocenters. The van der Waals surface area contributed by atoms with Gasteiger partial charge in [0.15, 0.2) is 34.8 Å². The molecule has 0 aromatic heterocycles. The number of benzene rings is 2. The Morgan fingerprint density at radius 3 is 0.812 bits per heavy atom. The number of hydrogen-bond acceptors (Lipinski definition) is 6. The summed E-state index contributed by atoms with van der Waals surface area (Å²) in [6, 6.07) is -0.0530. The summed E-state index contributed by atoms with van der Waals surface area (Å²) in [5.41, 5.74) is 0. The molecule has 4 N–H and O–H groups in total. The van der Waals surface area contributed by atoms with Crippen LogP contribution in [0.15, 0.2) is 12.1 Å². The van der Waals surface area contributed by atoms with Crippen LogP contribution < -0.4 is 9.31 Å². The maximum absolute atomic E-state index is 12.7. The summed E-state index contributed by atoms with van der Waals surface area (Å²) >= 11 is 0. The van der Waals surface area contributed by atoms with E-state index in [2.05, 4.69) is 9.31 Å². The summed E-state index contributed by atoms with van der Waals surface area (Å²) < 4.78 is 108. The number of rotatable bonds is 4. The van der Waals surface area contributed by atoms with E-state index in [0.29, 0.717) is 0 Å². The fourth-order valence-corrected chi connectivity index (χ4v) is 1.52. The molecule has 0 fully saturated rings. The Morgan fingerprint density at radius 2 is 0.656 bits per heavy atom. The summed E-state index contributed by atoms with van der Waals surface area (Å²) in [6.45, 7) is 0. The van der Waals surface area contributed by atoms with Crippen molar-refractivity contribution in [3.8, 4) is 11.5 Å². The van der Waals surface area contributed by atoms with Crippen LogP contribution in [-0.4, -0.2) is 34.7 Å². The third-order valence-corrected chi connectivity index (χ3v) is 2.59. The lowest BCUT2D eigenvalue weighted by atomic mass is 10.2. The molecule has 32 heavy (non-hydrogen) atoms. The van der Waals surface area contributed by atoms with Crippen molar-refractivity contribution < 1.29 is 64.5 Å². The second-order valence-corrected chi connectivity index (χ2v) is 4.48. The van der Waals surface area contributed by atoms with Crippen LogP contribution in [0.3, 0.4) is 0 Å². The molecule has 0 aliphatic heterocycles. The molecule has 0 aliphatic carbocycles. The van der Waals surface area contributed by atoms with Gasteiger partial charge in [-0.25, -0.2) is 17.6 Å². The summed E-state index contributed by atoms with van der Waals surface area (Å²) in [5, 5.41) is 32.8. The average Bonchev–Trinajstić information content (AvgIpc) is 2.59. The highest BCUT2D eigenvalue weighted by molar-refractivity contribution is 6.92. The molecule has 4 atom stereocenters. The molecule has 0 saturated carbocycles. The van der Waals surface area contributed by atoms with E-state index in [4.69, 9.17) is 20.1 Å². The van der Waals surface area contributed by atoms with Gasteiger partial charge in [-0.1, -0.05) is 0 Å². The SMILES string of the molecule is OB(O)Oc1c(F)c(F)cc(F)c1F.OB(O)Oc1c(F)c(F)cc(F)c1F.P.P.P.P. The topological polar surface area (TPSA) is 99.4 Å². The van der Waals surface area contributed by atoms with Crippen LogP contribution in [0, 0.1) is 46.5 Å². The minimum absolute atomic E-state index is 0. The second kappa shape index (κ2) is 16.7. The monoisotopic (exact) mass is 556 g/mol. The molecule has 0 heterocycles. The standard InChI is InChI=1S/2C6H3BF4O3.4H3P/c2*8-2-1-3(9)5(11)6(4(2)10)14-7(12)13;;;;/h2*1,12-13H;4*1H3. The quantitative estimate of drug-likeness (QED) is 0.197. The minimum Gasteiger partial charge on any atom is -0.507 e. The highest BCUT2D eigenvalue weighted by atomic mass is 31.0. The Balaban J connectivity index is -0.000000218. The van der Waals surface area contributed by atoms with E-state index in [-0.39, 0.29) is 51.7 Å². The van der Waals surface area contributed by atoms with Crippen LogP contribution in [-0.2, 0) is 0 Å². The zero-order valence-electron chi connectivity index (χ0n) is 15.8. The summed E-state index contributed by atoms with van der Waals surface area (Å²) in [5.74, 6) is -17.2. The molecule has 0 aliphatic rings. The minimum atomic E-state index is -2.57. The van der Waals surface area contributed by atoms with Gasteiger partial charge >= 0.3 is 14.6 Å². The first-order valence-corrected chi connectivity index (χ1v) is 6.58. The van der Waals surface area contributed by atoms with Crippen LogP contribution in [0.5, 0.6) is 11.5 Å². The van der Waals surface area contributed by atoms with Gasteiger partial charge in [0.05, 0.1) is 0 Å². The van der Waals surface area contributed by atoms with Crippen molar-refractivity contribution in [2.75, 3.05) is 0 Å². The maximum atomic E-state index is 12.7. The fraction of sp³-hybridized carbons (Fsp3) is 0. The van der Waals surface area contributed by atoms with E-state index in [1.165, 1.54) is 0 Å². The van der Waals surface area contributed by atoms with E-state index < -0.39 is 72.7 Å². The van der Waals surface area contributed by atoms with Gasteiger partial charge in [0.2, 0.25) is 23.3 Å². The normalized spacial score (nSPS) is 8.88. The van der Waals surface area contributed by atoms with Crippen LogP contribution in [0.1, 0.15) is 0 Å². The highest BCUT2D eigenvalue weighted by Gasteiger charge is 2.25. The first kappa shape index (κ1) is 38.4. The van der Waals surface area contributed by atoms with Gasteiger partial charge in [-0.3, -0.25) is 0 Å². The second-order valence-electron chi connectivity index (χ2n) is 4.48. The molecule has 6 nitrogen and oxygen atoms in total. The lowest BCUT2D eigenvalue weighted by Crippen LogP contribution is -2.22. The zero-order chi connectivity index (χ0) is 21.8. The van der Waals surface area contributed by atoms with Gasteiger partial charge < -0.3 is 29.4 Å². The molecule has 0 saturated heterocycles. The van der Waals surface area contributed by atoms with E-state index in [0.717, 1.165) is 0 Å². The van der Waals surface area contributed by atoms with Crippen molar-refractivity contribution in [2.24, 2.45) is 0 Å². The van der Waals surface area contributed by atoms with Crippen molar-refractivity contribution in [1.29, 1.82) is 0 Å². The van der Waals surface area contributed by atoms with Crippen molar-refractivity contribution in [3.05, 3.63) is 58.7 Å². The Labute approximate surface area is 189 Å². The number of halogens is 8. The smallest absolute Gasteiger partial charge is 0.507 e. The lowest BCUT2D eigenvalue weighted by Gasteiger charge is -2.07. The number of hydrogen-bond donors (Lipinski definition) is 4. The first-order chi connectivity index (χ1) is 12.9. The zero-order valence-corrected chi connectivity index (χ0v) is 21.4. The van der Waals surface area contributed by atoms with Crippen molar-refractivity contribution in [1.82, 2.24) is 0 Å². The predicted molar refractivity (Wildman–Crippen MR) is 119 cm³/mol. The Bertz CT molecular complexity index is 749. The highest BCUT2D eigenvalue weighted by Crippen LogP contribution is 2.27. The molecular formula is C12H18B2F8O6P4. The van der Waals surface area contributed by atoms with Gasteiger partial charge in [0.1, 0.15) is 0 Å². The molecule has 2 aromatic carbocycles. The molecule has 2 rings (SSSR count). The molecular weight excluding hydrogens is 538 g/mol. The molecule has 0 radical (unpaired) electrons. The van der Waals surface area contributed by atoms with Crippen molar-refractivity contribution in [3.63, 3.8) is 0 Å². The molecule has 0 amide bonds. The fourth-order valence-electron chi connectivity index (χ4n) is 1.52. The molecule has 0 bridgehead atoms. The third kappa shape index (κ3) is 10.4. The van der Waals surface area contributed by atoms with Crippen molar-refractivity contribution >= 4 is 54.2 Å². The molecule has 2 aromatic rings. The van der Waals surface area contributed by atoms with Gasteiger partial charge in [-0.15, -0.1) is 0 Å². The molecule has 20 heteroatoms. The van der Waals surface area contributed by atoms with E-state index in [9.17, 15) is 35.1 Å². The largest absolute Gasteiger partial charge is 0.707 e. The Hall–Kier alpha value is -0.830. The predicted octanol–water partition coefficient (Wildman–Crippen LogP) is 1.42. The van der Waals surface area contributed by atoms with Crippen LogP contribution in [0.25, 0.3) is 0 Å². The Kier molecular flexibility index (Phi) is 20.1. The van der Waals surface area contributed by atoms with Crippen molar-refractivity contribution in [2.45, 2.75) is 0 Å². The average molecular weight is 556 g/mol. The summed E-state index contributed by atoms with van der Waals surface area (Å²) in [7, 11) is -5.14. The van der Waals surface area contributed by atoms with Gasteiger partial charge in [0.25, 0.3) is 0 Å². The molecule has 184 valence electrons. The van der Waals surface area contributed by atoms with E-state index in [1.807, 2.05) is 0 Å². The van der Waals surface area contributed by atoms with E-state index in [1.54, 1.807) is 0 Å². The van der Waals surface area contributed by atoms with Crippen LogP contribution >= 0.6 is 39.6 Å². The lowest BCUT2D eigenvalue weighted by molar-refractivity contribution is 0.267. The van der Waals surface area contributed by atoms with E-state index >= 15 is 0 Å². The Morgan fingerprint density at radius 1 is 0.469 bits per heavy atom. The summed E-state index contributed by atoms with van der Waals surface area (Å²) in [4.78, 5) is 0. The summed E-state index contributed by atoms with van der Waals surface area (Å²) in [6.07, 6.45) is 0. The van der Waals surface area contributed by atoms with Crippen LogP contribution in [0.2, 0.25) is 0 Å². The molecule has 0 spiro atoms. The van der Waals surface area contributed by atoms with Gasteiger partial charge in [-0.05, 0) is 0 Å². The maximum Gasteiger partial charge on any atom is 0.707 e. The first-order valence-electron chi connectivity index (χ1n) is 6.58. The van der Waals surface area contributed by atoms with Gasteiger partial charge in [-0.2, -0.15) is 57.2 Å². The van der Waals surface area contributed by atoms with Gasteiger partial charge in [0, 0.05) is 12.1 Å². The third-order valence-electron chi connectivity index (χ3n) is 2.59. The van der Waals surface area contributed by atoms with Crippen LogP contribution in [0.4, 0.5) is 35.1 Å².